The van der Waals surface area contributed by atoms with Crippen LogP contribution in [0.15, 0.2) is 0 Å². The van der Waals surface area contributed by atoms with E-state index >= 15 is 0 Å². The van der Waals surface area contributed by atoms with Crippen molar-refractivity contribution in [3.8, 4) is 0 Å². The third kappa shape index (κ3) is 4.28. The zero-order valence-corrected chi connectivity index (χ0v) is 14.1. The Labute approximate surface area is 119 Å². The molecule has 0 bridgehead atoms. The van der Waals surface area contributed by atoms with Crippen LogP contribution < -0.4 is 0 Å². The Morgan fingerprint density at radius 2 is 1.37 bits per heavy atom. The summed E-state index contributed by atoms with van der Waals surface area (Å²) in [5.74, 6) is 0.0656. The van der Waals surface area contributed by atoms with Gasteiger partial charge in [0.25, 0.3) is 0 Å². The molecule has 0 aromatic heterocycles. The van der Waals surface area contributed by atoms with Gasteiger partial charge in [-0.1, -0.05) is 27.7 Å². The highest BCUT2D eigenvalue weighted by Crippen LogP contribution is 2.45. The number of rotatable bonds is 9. The van der Waals surface area contributed by atoms with Gasteiger partial charge in [-0.25, -0.2) is 0 Å². The lowest BCUT2D eigenvalue weighted by atomic mass is 9.63. The van der Waals surface area contributed by atoms with E-state index in [1.165, 1.54) is 0 Å². The summed E-state index contributed by atoms with van der Waals surface area (Å²) in [6.07, 6.45) is 2.02. The molecule has 0 saturated carbocycles. The van der Waals surface area contributed by atoms with E-state index in [2.05, 4.69) is 27.7 Å². The van der Waals surface area contributed by atoms with E-state index < -0.39 is 5.60 Å². The fourth-order valence-electron chi connectivity index (χ4n) is 2.17. The SMILES string of the molecule is CCC(C)(COC)C(C)(CC)COC(C)(C)C(C)=O. The highest BCUT2D eigenvalue weighted by atomic mass is 16.5. The first-order valence-electron chi connectivity index (χ1n) is 7.22. The molecule has 0 saturated heterocycles. The van der Waals surface area contributed by atoms with Crippen molar-refractivity contribution in [2.75, 3.05) is 20.3 Å². The summed E-state index contributed by atoms with van der Waals surface area (Å²) in [6, 6.07) is 0. The zero-order valence-electron chi connectivity index (χ0n) is 14.1. The van der Waals surface area contributed by atoms with E-state index in [1.807, 2.05) is 13.8 Å². The monoisotopic (exact) mass is 272 g/mol. The summed E-state index contributed by atoms with van der Waals surface area (Å²) in [7, 11) is 1.74. The number of hydrogen-bond donors (Lipinski definition) is 0. The van der Waals surface area contributed by atoms with Gasteiger partial charge >= 0.3 is 0 Å². The number of ether oxygens (including phenoxy) is 2. The van der Waals surface area contributed by atoms with E-state index in [9.17, 15) is 4.79 Å². The largest absolute Gasteiger partial charge is 0.384 e. The second-order valence-corrected chi connectivity index (χ2v) is 6.62. The normalized spacial score (nSPS) is 18.7. The van der Waals surface area contributed by atoms with Crippen molar-refractivity contribution >= 4 is 5.78 Å². The molecule has 3 nitrogen and oxygen atoms in total. The van der Waals surface area contributed by atoms with Gasteiger partial charge in [0.15, 0.2) is 5.78 Å². The molecule has 0 amide bonds. The number of ketones is 1. The van der Waals surface area contributed by atoms with E-state index in [1.54, 1.807) is 14.0 Å². The van der Waals surface area contributed by atoms with Crippen molar-refractivity contribution in [3.63, 3.8) is 0 Å². The lowest BCUT2D eigenvalue weighted by molar-refractivity contribution is -0.150. The predicted octanol–water partition coefficient (Wildman–Crippen LogP) is 3.85. The second kappa shape index (κ2) is 6.85. The molecule has 0 spiro atoms. The van der Waals surface area contributed by atoms with Crippen molar-refractivity contribution in [2.24, 2.45) is 10.8 Å². The summed E-state index contributed by atoms with van der Waals surface area (Å²) in [4.78, 5) is 11.6. The predicted molar refractivity (Wildman–Crippen MR) is 79.4 cm³/mol. The van der Waals surface area contributed by atoms with Crippen LogP contribution in [0.5, 0.6) is 0 Å². The van der Waals surface area contributed by atoms with Crippen LogP contribution in [0.2, 0.25) is 0 Å². The van der Waals surface area contributed by atoms with Crippen LogP contribution in [0, 0.1) is 10.8 Å². The molecule has 2 unspecified atom stereocenters. The molecule has 3 heteroatoms. The van der Waals surface area contributed by atoms with E-state index in [4.69, 9.17) is 9.47 Å². The van der Waals surface area contributed by atoms with E-state index in [0.29, 0.717) is 13.2 Å². The number of methoxy groups -OCH3 is 1. The fourth-order valence-corrected chi connectivity index (χ4v) is 2.17. The van der Waals surface area contributed by atoms with Gasteiger partial charge in [0.1, 0.15) is 5.60 Å². The van der Waals surface area contributed by atoms with Gasteiger partial charge in [0.05, 0.1) is 13.2 Å². The zero-order chi connectivity index (χ0) is 15.3. The summed E-state index contributed by atoms with van der Waals surface area (Å²) in [6.45, 7) is 15.4. The third-order valence-corrected chi connectivity index (χ3v) is 5.08. The van der Waals surface area contributed by atoms with Crippen molar-refractivity contribution in [1.82, 2.24) is 0 Å². The quantitative estimate of drug-likeness (QED) is 0.639. The van der Waals surface area contributed by atoms with Gasteiger partial charge in [-0.3, -0.25) is 4.79 Å². The second-order valence-electron chi connectivity index (χ2n) is 6.62. The smallest absolute Gasteiger partial charge is 0.160 e. The molecule has 0 radical (unpaired) electrons. The van der Waals surface area contributed by atoms with Crippen LogP contribution in [-0.4, -0.2) is 31.7 Å². The fraction of sp³-hybridized carbons (Fsp3) is 0.938. The third-order valence-electron chi connectivity index (χ3n) is 5.08. The van der Waals surface area contributed by atoms with Crippen LogP contribution >= 0.6 is 0 Å². The minimum atomic E-state index is -0.710. The van der Waals surface area contributed by atoms with Crippen LogP contribution in [0.25, 0.3) is 0 Å². The van der Waals surface area contributed by atoms with Crippen LogP contribution in [0.1, 0.15) is 61.3 Å². The molecule has 0 rings (SSSR count). The maximum absolute atomic E-state index is 11.6. The van der Waals surface area contributed by atoms with Gasteiger partial charge in [-0.2, -0.15) is 0 Å². The Kier molecular flexibility index (Phi) is 6.70. The van der Waals surface area contributed by atoms with Gasteiger partial charge in [0.2, 0.25) is 0 Å². The first-order chi connectivity index (χ1) is 8.58. The van der Waals surface area contributed by atoms with Gasteiger partial charge in [0, 0.05) is 7.11 Å². The summed E-state index contributed by atoms with van der Waals surface area (Å²) in [5.41, 5.74) is -0.675. The Morgan fingerprint density at radius 3 is 1.68 bits per heavy atom. The van der Waals surface area contributed by atoms with Gasteiger partial charge < -0.3 is 9.47 Å². The molecular weight excluding hydrogens is 240 g/mol. The molecule has 0 heterocycles. The average Bonchev–Trinajstić information content (AvgIpc) is 2.35. The Morgan fingerprint density at radius 1 is 0.947 bits per heavy atom. The van der Waals surface area contributed by atoms with Crippen LogP contribution in [0.4, 0.5) is 0 Å². The lowest BCUT2D eigenvalue weighted by Gasteiger charge is -2.46. The number of carbonyl (C=O) groups is 1. The topological polar surface area (TPSA) is 35.5 Å². The van der Waals surface area contributed by atoms with Gasteiger partial charge in [-0.15, -0.1) is 0 Å². The van der Waals surface area contributed by atoms with Crippen LogP contribution in [-0.2, 0) is 14.3 Å². The Bertz CT molecular complexity index is 298. The molecule has 0 aliphatic carbocycles. The maximum Gasteiger partial charge on any atom is 0.160 e. The summed E-state index contributed by atoms with van der Waals surface area (Å²) < 4.78 is 11.3. The molecule has 114 valence electrons. The summed E-state index contributed by atoms with van der Waals surface area (Å²) in [5, 5.41) is 0. The highest BCUT2D eigenvalue weighted by Gasteiger charge is 2.43. The molecule has 0 aromatic rings. The van der Waals surface area contributed by atoms with E-state index in [-0.39, 0.29) is 16.6 Å². The molecule has 19 heavy (non-hydrogen) atoms. The molecule has 0 aliphatic heterocycles. The van der Waals surface area contributed by atoms with Crippen molar-refractivity contribution in [3.05, 3.63) is 0 Å². The molecular formula is C16H32O3. The van der Waals surface area contributed by atoms with Crippen molar-refractivity contribution in [2.45, 2.75) is 66.9 Å². The molecule has 0 N–H and O–H groups in total. The summed E-state index contributed by atoms with van der Waals surface area (Å²) >= 11 is 0. The molecule has 2 atom stereocenters. The standard InChI is InChI=1S/C16H32O3/c1-9-15(6,11-18-8)16(7,10-2)12-19-14(4,5)13(3)17/h9-12H2,1-8H3. The molecule has 0 aliphatic rings. The van der Waals surface area contributed by atoms with E-state index in [0.717, 1.165) is 12.8 Å². The molecule has 0 fully saturated rings. The van der Waals surface area contributed by atoms with Crippen LogP contribution in [0.3, 0.4) is 0 Å². The Balaban J connectivity index is 5.01. The van der Waals surface area contributed by atoms with Crippen molar-refractivity contribution in [1.29, 1.82) is 0 Å². The average molecular weight is 272 g/mol. The van der Waals surface area contributed by atoms with Crippen molar-refractivity contribution < 1.29 is 14.3 Å². The first kappa shape index (κ1) is 18.6. The number of carbonyl (C=O) groups excluding carboxylic acids is 1. The maximum atomic E-state index is 11.6. The minimum Gasteiger partial charge on any atom is -0.384 e. The lowest BCUT2D eigenvalue weighted by Crippen LogP contribution is -2.46. The Hall–Kier alpha value is -0.410. The molecule has 0 aromatic carbocycles. The number of hydrogen-bond acceptors (Lipinski definition) is 3. The first-order valence-corrected chi connectivity index (χ1v) is 7.22. The van der Waals surface area contributed by atoms with Gasteiger partial charge in [-0.05, 0) is 44.4 Å². The number of Topliss-reactive ketones (excluding diaryl/α,β-unsaturated/α-hetero) is 1. The minimum absolute atomic E-state index is 0.00944. The highest BCUT2D eigenvalue weighted by molar-refractivity contribution is 5.83.